The van der Waals surface area contributed by atoms with Crippen LogP contribution in [0.15, 0.2) is 22.7 Å². The van der Waals surface area contributed by atoms with Gasteiger partial charge >= 0.3 is 6.18 Å². The van der Waals surface area contributed by atoms with Crippen molar-refractivity contribution in [3.63, 3.8) is 0 Å². The SMILES string of the molecule is NC(=S)c1cc(Br)ccc1C(F)(F)F. The molecule has 0 spiro atoms. The van der Waals surface area contributed by atoms with Gasteiger partial charge in [-0.15, -0.1) is 0 Å². The Hall–Kier alpha value is -0.620. The standard InChI is InChI=1S/C8H5BrF3NS/c9-4-1-2-6(8(10,11)12)5(3-4)7(13)14/h1-3H,(H2,13,14). The van der Waals surface area contributed by atoms with Crippen LogP contribution in [-0.4, -0.2) is 4.99 Å². The molecule has 0 saturated heterocycles. The maximum absolute atomic E-state index is 12.4. The first-order valence-electron chi connectivity index (χ1n) is 3.49. The monoisotopic (exact) mass is 283 g/mol. The molecular weight excluding hydrogens is 279 g/mol. The van der Waals surface area contributed by atoms with Crippen LogP contribution < -0.4 is 5.73 Å². The molecule has 2 N–H and O–H groups in total. The Labute approximate surface area is 92.2 Å². The summed E-state index contributed by atoms with van der Waals surface area (Å²) < 4.78 is 37.7. The van der Waals surface area contributed by atoms with E-state index in [1.807, 2.05) is 0 Å². The molecule has 76 valence electrons. The van der Waals surface area contributed by atoms with Crippen LogP contribution in [0.4, 0.5) is 13.2 Å². The lowest BCUT2D eigenvalue weighted by atomic mass is 10.1. The fourth-order valence-electron chi connectivity index (χ4n) is 0.968. The minimum atomic E-state index is -4.43. The molecule has 0 atom stereocenters. The molecule has 1 aromatic rings. The summed E-state index contributed by atoms with van der Waals surface area (Å²) in [6, 6.07) is 3.49. The third-order valence-electron chi connectivity index (χ3n) is 1.55. The lowest BCUT2D eigenvalue weighted by Gasteiger charge is -2.11. The van der Waals surface area contributed by atoms with Gasteiger partial charge < -0.3 is 5.73 Å². The number of thiocarbonyl (C=S) groups is 1. The number of alkyl halides is 3. The van der Waals surface area contributed by atoms with Crippen molar-refractivity contribution < 1.29 is 13.2 Å². The predicted molar refractivity (Wildman–Crippen MR) is 55.0 cm³/mol. The van der Waals surface area contributed by atoms with Crippen molar-refractivity contribution in [3.05, 3.63) is 33.8 Å². The molecule has 0 unspecified atom stereocenters. The molecule has 1 aromatic carbocycles. The normalized spacial score (nSPS) is 11.4. The summed E-state index contributed by atoms with van der Waals surface area (Å²) in [7, 11) is 0. The maximum atomic E-state index is 12.4. The second-order valence-electron chi connectivity index (χ2n) is 2.55. The summed E-state index contributed by atoms with van der Waals surface area (Å²) in [5, 5.41) is 0. The van der Waals surface area contributed by atoms with Crippen molar-refractivity contribution in [2.45, 2.75) is 6.18 Å². The molecule has 0 heterocycles. The molecule has 0 aliphatic carbocycles. The van der Waals surface area contributed by atoms with Gasteiger partial charge in [0.2, 0.25) is 0 Å². The Balaban J connectivity index is 3.37. The van der Waals surface area contributed by atoms with Gasteiger partial charge in [0, 0.05) is 10.0 Å². The van der Waals surface area contributed by atoms with Crippen LogP contribution in [0.1, 0.15) is 11.1 Å². The predicted octanol–water partition coefficient (Wildman–Crippen LogP) is 3.10. The second-order valence-corrected chi connectivity index (χ2v) is 3.91. The summed E-state index contributed by atoms with van der Waals surface area (Å²) in [6.07, 6.45) is -4.43. The minimum absolute atomic E-state index is 0.165. The molecular formula is C8H5BrF3NS. The van der Waals surface area contributed by atoms with Crippen LogP contribution in [0, 0.1) is 0 Å². The molecule has 0 bridgehead atoms. The van der Waals surface area contributed by atoms with Crippen molar-refractivity contribution in [1.29, 1.82) is 0 Å². The van der Waals surface area contributed by atoms with E-state index in [1.165, 1.54) is 12.1 Å². The Morgan fingerprint density at radius 1 is 1.36 bits per heavy atom. The molecule has 14 heavy (non-hydrogen) atoms. The van der Waals surface area contributed by atoms with Crippen molar-refractivity contribution in [3.8, 4) is 0 Å². The Kier molecular flexibility index (Phi) is 3.16. The van der Waals surface area contributed by atoms with E-state index < -0.39 is 11.7 Å². The first kappa shape index (κ1) is 11.5. The zero-order chi connectivity index (χ0) is 10.9. The van der Waals surface area contributed by atoms with Crippen LogP contribution in [0.5, 0.6) is 0 Å². The Morgan fingerprint density at radius 2 is 1.93 bits per heavy atom. The van der Waals surface area contributed by atoms with E-state index in [0.717, 1.165) is 6.07 Å². The molecule has 0 aromatic heterocycles. The maximum Gasteiger partial charge on any atom is 0.417 e. The van der Waals surface area contributed by atoms with E-state index in [1.54, 1.807) is 0 Å². The number of hydrogen-bond donors (Lipinski definition) is 1. The van der Waals surface area contributed by atoms with Crippen molar-refractivity contribution >= 4 is 33.1 Å². The molecule has 1 nitrogen and oxygen atoms in total. The molecule has 0 radical (unpaired) electrons. The second kappa shape index (κ2) is 3.86. The van der Waals surface area contributed by atoms with Gasteiger partial charge in [-0.2, -0.15) is 13.2 Å². The summed E-state index contributed by atoms with van der Waals surface area (Å²) in [4.78, 5) is -0.265. The minimum Gasteiger partial charge on any atom is -0.389 e. The molecule has 0 amide bonds. The third kappa shape index (κ3) is 2.45. The van der Waals surface area contributed by atoms with Crippen LogP contribution in [-0.2, 0) is 6.18 Å². The van der Waals surface area contributed by atoms with E-state index in [0.29, 0.717) is 4.47 Å². The van der Waals surface area contributed by atoms with Gasteiger partial charge in [-0.05, 0) is 18.2 Å². The van der Waals surface area contributed by atoms with Gasteiger partial charge in [0.25, 0.3) is 0 Å². The van der Waals surface area contributed by atoms with Crippen LogP contribution in [0.2, 0.25) is 0 Å². The van der Waals surface area contributed by atoms with E-state index in [-0.39, 0.29) is 10.6 Å². The number of benzene rings is 1. The van der Waals surface area contributed by atoms with E-state index in [2.05, 4.69) is 28.1 Å². The zero-order valence-electron chi connectivity index (χ0n) is 6.73. The fraction of sp³-hybridized carbons (Fsp3) is 0.125. The van der Waals surface area contributed by atoms with Gasteiger partial charge in [-0.1, -0.05) is 28.1 Å². The van der Waals surface area contributed by atoms with Gasteiger partial charge in [-0.3, -0.25) is 0 Å². The Bertz CT molecular complexity index is 375. The highest BCUT2D eigenvalue weighted by Gasteiger charge is 2.33. The molecule has 0 aliphatic heterocycles. The first-order valence-corrected chi connectivity index (χ1v) is 4.69. The Morgan fingerprint density at radius 3 is 2.36 bits per heavy atom. The highest BCUT2D eigenvalue weighted by molar-refractivity contribution is 9.10. The number of hydrogen-bond acceptors (Lipinski definition) is 1. The smallest absolute Gasteiger partial charge is 0.389 e. The van der Waals surface area contributed by atoms with Gasteiger partial charge in [0.1, 0.15) is 4.99 Å². The summed E-state index contributed by atoms with van der Waals surface area (Å²) in [5.41, 5.74) is 4.21. The van der Waals surface area contributed by atoms with Gasteiger partial charge in [0.15, 0.2) is 0 Å². The molecule has 0 saturated carbocycles. The van der Waals surface area contributed by atoms with Gasteiger partial charge in [0.05, 0.1) is 5.56 Å². The molecule has 6 heteroatoms. The average molecular weight is 284 g/mol. The highest BCUT2D eigenvalue weighted by atomic mass is 79.9. The fourth-order valence-corrected chi connectivity index (χ4v) is 1.50. The van der Waals surface area contributed by atoms with E-state index >= 15 is 0 Å². The first-order chi connectivity index (χ1) is 6.32. The van der Waals surface area contributed by atoms with Crippen LogP contribution in [0.25, 0.3) is 0 Å². The highest BCUT2D eigenvalue weighted by Crippen LogP contribution is 2.33. The summed E-state index contributed by atoms with van der Waals surface area (Å²) in [5.74, 6) is 0. The van der Waals surface area contributed by atoms with Crippen LogP contribution in [0.3, 0.4) is 0 Å². The quantitative estimate of drug-likeness (QED) is 0.802. The van der Waals surface area contributed by atoms with Crippen molar-refractivity contribution in [2.24, 2.45) is 5.73 Å². The van der Waals surface area contributed by atoms with Crippen molar-refractivity contribution in [2.75, 3.05) is 0 Å². The topological polar surface area (TPSA) is 26.0 Å². The molecule has 0 aliphatic rings. The van der Waals surface area contributed by atoms with E-state index in [4.69, 9.17) is 5.73 Å². The average Bonchev–Trinajstić information content (AvgIpc) is 2.01. The number of rotatable bonds is 1. The van der Waals surface area contributed by atoms with Crippen molar-refractivity contribution in [1.82, 2.24) is 0 Å². The largest absolute Gasteiger partial charge is 0.417 e. The number of nitrogens with two attached hydrogens (primary N) is 1. The van der Waals surface area contributed by atoms with E-state index in [9.17, 15) is 13.2 Å². The van der Waals surface area contributed by atoms with Gasteiger partial charge in [-0.25, -0.2) is 0 Å². The molecule has 1 rings (SSSR count). The lowest BCUT2D eigenvalue weighted by molar-refractivity contribution is -0.137. The van der Waals surface area contributed by atoms with Crippen LogP contribution >= 0.6 is 28.1 Å². The molecule has 0 fully saturated rings. The summed E-state index contributed by atoms with van der Waals surface area (Å²) in [6.45, 7) is 0. The zero-order valence-corrected chi connectivity index (χ0v) is 9.13. The lowest BCUT2D eigenvalue weighted by Crippen LogP contribution is -2.17. The summed E-state index contributed by atoms with van der Waals surface area (Å²) >= 11 is 7.58. The number of halogens is 4. The third-order valence-corrected chi connectivity index (χ3v) is 2.27.